The topological polar surface area (TPSA) is 55.1 Å². The smallest absolute Gasteiger partial charge is 0.224 e. The summed E-state index contributed by atoms with van der Waals surface area (Å²) in [4.78, 5) is 12.2. The third-order valence-electron chi connectivity index (χ3n) is 3.30. The van der Waals surface area contributed by atoms with Crippen LogP contribution in [0.15, 0.2) is 29.6 Å². The van der Waals surface area contributed by atoms with Gasteiger partial charge < -0.3 is 11.1 Å². The number of benzene rings is 1. The van der Waals surface area contributed by atoms with Gasteiger partial charge in [0.15, 0.2) is 0 Å². The summed E-state index contributed by atoms with van der Waals surface area (Å²) < 4.78 is 14.1. The van der Waals surface area contributed by atoms with Crippen molar-refractivity contribution in [1.29, 1.82) is 0 Å². The lowest BCUT2D eigenvalue weighted by Gasteiger charge is -2.20. The summed E-state index contributed by atoms with van der Waals surface area (Å²) in [6.07, 6.45) is 1.07. The van der Waals surface area contributed by atoms with E-state index in [1.165, 1.54) is 17.4 Å². The minimum atomic E-state index is -0.456. The van der Waals surface area contributed by atoms with E-state index in [4.69, 9.17) is 5.73 Å². The molecule has 0 saturated carbocycles. The molecule has 1 amide bonds. The maximum absolute atomic E-state index is 14.1. The average molecular weight is 276 g/mol. The standard InChI is InChI=1S/C14H13FN2OS/c15-10-7-11-8(3-4-13(18)17-11)6-9(10)14(16)12-2-1-5-19-12/h1-2,5-7,14H,3-4,16H2,(H,17,18). The molecule has 1 unspecified atom stereocenters. The number of nitrogens with one attached hydrogen (secondary N) is 1. The molecule has 5 heteroatoms. The summed E-state index contributed by atoms with van der Waals surface area (Å²) in [6, 6.07) is 6.48. The van der Waals surface area contributed by atoms with E-state index in [1.54, 1.807) is 6.07 Å². The average Bonchev–Trinajstić information content (AvgIpc) is 2.91. The molecule has 0 saturated heterocycles. The van der Waals surface area contributed by atoms with Gasteiger partial charge in [-0.05, 0) is 35.6 Å². The predicted octanol–water partition coefficient (Wildman–Crippen LogP) is 2.82. The molecule has 98 valence electrons. The van der Waals surface area contributed by atoms with Gasteiger partial charge in [-0.2, -0.15) is 0 Å². The van der Waals surface area contributed by atoms with Gasteiger partial charge in [-0.25, -0.2) is 4.39 Å². The number of hydrogen-bond acceptors (Lipinski definition) is 3. The maximum atomic E-state index is 14.1. The van der Waals surface area contributed by atoms with E-state index < -0.39 is 6.04 Å². The van der Waals surface area contributed by atoms with Crippen LogP contribution in [0.1, 0.15) is 28.5 Å². The van der Waals surface area contributed by atoms with Crippen molar-refractivity contribution >= 4 is 22.9 Å². The zero-order chi connectivity index (χ0) is 13.4. The number of rotatable bonds is 2. The Bertz CT molecular complexity index is 625. The highest BCUT2D eigenvalue weighted by Crippen LogP contribution is 2.31. The fourth-order valence-corrected chi connectivity index (χ4v) is 3.03. The van der Waals surface area contributed by atoms with Gasteiger partial charge in [0, 0.05) is 22.5 Å². The monoisotopic (exact) mass is 276 g/mol. The molecule has 2 aromatic rings. The van der Waals surface area contributed by atoms with Crippen molar-refractivity contribution in [3.63, 3.8) is 0 Å². The minimum Gasteiger partial charge on any atom is -0.326 e. The van der Waals surface area contributed by atoms with Crippen LogP contribution >= 0.6 is 11.3 Å². The van der Waals surface area contributed by atoms with Gasteiger partial charge in [0.05, 0.1) is 6.04 Å². The van der Waals surface area contributed by atoms with Crippen molar-refractivity contribution in [1.82, 2.24) is 0 Å². The van der Waals surface area contributed by atoms with Crippen LogP contribution in [0.2, 0.25) is 0 Å². The van der Waals surface area contributed by atoms with Crippen molar-refractivity contribution in [2.24, 2.45) is 5.73 Å². The largest absolute Gasteiger partial charge is 0.326 e. The Hall–Kier alpha value is -1.72. The molecule has 1 aromatic carbocycles. The van der Waals surface area contributed by atoms with Crippen molar-refractivity contribution in [2.75, 3.05) is 5.32 Å². The highest BCUT2D eigenvalue weighted by atomic mass is 32.1. The van der Waals surface area contributed by atoms with Crippen LogP contribution in [0.4, 0.5) is 10.1 Å². The summed E-state index contributed by atoms with van der Waals surface area (Å²) in [5.74, 6) is -0.441. The first-order chi connectivity index (χ1) is 9.15. The molecular formula is C14H13FN2OS. The van der Waals surface area contributed by atoms with Gasteiger partial charge in [0.25, 0.3) is 0 Å². The van der Waals surface area contributed by atoms with Crippen LogP contribution in [-0.2, 0) is 11.2 Å². The zero-order valence-electron chi connectivity index (χ0n) is 10.2. The third-order valence-corrected chi connectivity index (χ3v) is 4.26. The van der Waals surface area contributed by atoms with Gasteiger partial charge in [0.2, 0.25) is 5.91 Å². The second-order valence-corrected chi connectivity index (χ2v) is 5.55. The maximum Gasteiger partial charge on any atom is 0.224 e. The van der Waals surface area contributed by atoms with E-state index in [0.29, 0.717) is 24.1 Å². The second-order valence-electron chi connectivity index (χ2n) is 4.57. The van der Waals surface area contributed by atoms with Crippen molar-refractivity contribution in [3.05, 3.63) is 51.5 Å². The lowest BCUT2D eigenvalue weighted by Crippen LogP contribution is -2.21. The summed E-state index contributed by atoms with van der Waals surface area (Å²) in [6.45, 7) is 0. The molecule has 1 aromatic heterocycles. The van der Waals surface area contributed by atoms with Crippen LogP contribution in [0, 0.1) is 5.82 Å². The normalized spacial score (nSPS) is 15.8. The third kappa shape index (κ3) is 2.27. The van der Waals surface area contributed by atoms with E-state index in [0.717, 1.165) is 10.4 Å². The minimum absolute atomic E-state index is 0.0674. The van der Waals surface area contributed by atoms with E-state index in [9.17, 15) is 9.18 Å². The number of anilines is 1. The first-order valence-electron chi connectivity index (χ1n) is 6.06. The van der Waals surface area contributed by atoms with Crippen LogP contribution < -0.4 is 11.1 Å². The zero-order valence-corrected chi connectivity index (χ0v) is 11.0. The Labute approximate surface area is 114 Å². The van der Waals surface area contributed by atoms with E-state index >= 15 is 0 Å². The van der Waals surface area contributed by atoms with Crippen molar-refractivity contribution < 1.29 is 9.18 Å². The Morgan fingerprint density at radius 2 is 2.21 bits per heavy atom. The number of carbonyl (C=O) groups excluding carboxylic acids is 1. The summed E-state index contributed by atoms with van der Waals surface area (Å²) in [5, 5.41) is 4.61. The van der Waals surface area contributed by atoms with Gasteiger partial charge in [-0.3, -0.25) is 4.79 Å². The Kier molecular flexibility index (Phi) is 3.08. The fraction of sp³-hybridized carbons (Fsp3) is 0.214. The molecule has 1 aliphatic rings. The van der Waals surface area contributed by atoms with E-state index in [1.807, 2.05) is 17.5 Å². The van der Waals surface area contributed by atoms with Crippen LogP contribution in [0.5, 0.6) is 0 Å². The fourth-order valence-electron chi connectivity index (χ4n) is 2.28. The molecule has 3 nitrogen and oxygen atoms in total. The first-order valence-corrected chi connectivity index (χ1v) is 6.94. The quantitative estimate of drug-likeness (QED) is 0.886. The van der Waals surface area contributed by atoms with Gasteiger partial charge >= 0.3 is 0 Å². The molecule has 0 spiro atoms. The number of hydrogen-bond donors (Lipinski definition) is 2. The molecular weight excluding hydrogens is 263 g/mol. The Morgan fingerprint density at radius 1 is 1.37 bits per heavy atom. The molecule has 0 fully saturated rings. The molecule has 3 rings (SSSR count). The number of fused-ring (bicyclic) bond motifs is 1. The van der Waals surface area contributed by atoms with Crippen molar-refractivity contribution in [3.8, 4) is 0 Å². The molecule has 19 heavy (non-hydrogen) atoms. The van der Waals surface area contributed by atoms with Gasteiger partial charge in [-0.15, -0.1) is 11.3 Å². The second kappa shape index (κ2) is 4.75. The number of amides is 1. The van der Waals surface area contributed by atoms with E-state index in [-0.39, 0.29) is 11.7 Å². The van der Waals surface area contributed by atoms with Gasteiger partial charge in [-0.1, -0.05) is 6.07 Å². The molecule has 3 N–H and O–H groups in total. The lowest BCUT2D eigenvalue weighted by molar-refractivity contribution is -0.116. The summed E-state index contributed by atoms with van der Waals surface area (Å²) in [7, 11) is 0. The summed E-state index contributed by atoms with van der Waals surface area (Å²) >= 11 is 1.51. The van der Waals surface area contributed by atoms with Crippen LogP contribution in [0.25, 0.3) is 0 Å². The first kappa shape index (κ1) is 12.3. The highest BCUT2D eigenvalue weighted by molar-refractivity contribution is 7.10. The molecule has 0 radical (unpaired) electrons. The number of carbonyl (C=O) groups is 1. The molecule has 0 bridgehead atoms. The number of halogens is 1. The SMILES string of the molecule is NC(c1cccs1)c1cc2c(cc1F)NC(=O)CC2. The Morgan fingerprint density at radius 3 is 2.95 bits per heavy atom. The van der Waals surface area contributed by atoms with Crippen molar-refractivity contribution in [2.45, 2.75) is 18.9 Å². The molecule has 2 heterocycles. The molecule has 1 atom stereocenters. The predicted molar refractivity (Wildman–Crippen MR) is 73.7 cm³/mol. The number of thiophene rings is 1. The van der Waals surface area contributed by atoms with Crippen LogP contribution in [0.3, 0.4) is 0 Å². The molecule has 1 aliphatic heterocycles. The van der Waals surface area contributed by atoms with E-state index in [2.05, 4.69) is 5.32 Å². The van der Waals surface area contributed by atoms with Gasteiger partial charge in [0.1, 0.15) is 5.82 Å². The van der Waals surface area contributed by atoms with Crippen LogP contribution in [-0.4, -0.2) is 5.91 Å². The number of aryl methyl sites for hydroxylation is 1. The lowest BCUT2D eigenvalue weighted by atomic mass is 9.96. The molecule has 0 aliphatic carbocycles. The Balaban J connectivity index is 2.01. The summed E-state index contributed by atoms with van der Waals surface area (Å²) in [5.41, 5.74) is 8.10. The number of nitrogens with two attached hydrogens (primary N) is 1. The highest BCUT2D eigenvalue weighted by Gasteiger charge is 2.21.